The maximum atomic E-state index is 12.7. The van der Waals surface area contributed by atoms with Crippen molar-refractivity contribution in [1.29, 1.82) is 0 Å². The van der Waals surface area contributed by atoms with Gasteiger partial charge >= 0.3 is 11.9 Å². The minimum atomic E-state index is -0.452. The van der Waals surface area contributed by atoms with Gasteiger partial charge in [-0.3, -0.25) is 14.4 Å². The number of rotatable bonds is 7. The highest BCUT2D eigenvalue weighted by Crippen LogP contribution is 2.35. The summed E-state index contributed by atoms with van der Waals surface area (Å²) >= 11 is 0. The molecule has 2 rings (SSSR count). The Morgan fingerprint density at radius 1 is 0.929 bits per heavy atom. The second-order valence-corrected chi connectivity index (χ2v) is 7.51. The van der Waals surface area contributed by atoms with Gasteiger partial charge in [0.25, 0.3) is 0 Å². The van der Waals surface area contributed by atoms with E-state index in [9.17, 15) is 14.4 Å². The van der Waals surface area contributed by atoms with Gasteiger partial charge in [-0.05, 0) is 43.7 Å². The first-order valence-corrected chi connectivity index (χ1v) is 9.41. The van der Waals surface area contributed by atoms with Crippen LogP contribution in [0.1, 0.15) is 57.8 Å². The lowest BCUT2D eigenvalue weighted by molar-refractivity contribution is -0.136. The standard InChI is InChI=1S/C22H27NO5/c1-6-20(25)27-18-11-14-9-8-10-15(17(24)13-23-22(3,4)5)16(14)12-19(18)28-21(26)7-2/h8-12,23H,6-7,13H2,1-5H3. The van der Waals surface area contributed by atoms with Crippen molar-refractivity contribution in [3.8, 4) is 11.5 Å². The molecule has 0 atom stereocenters. The smallest absolute Gasteiger partial charge is 0.311 e. The third-order valence-corrected chi connectivity index (χ3v) is 4.05. The van der Waals surface area contributed by atoms with Gasteiger partial charge in [-0.15, -0.1) is 0 Å². The second-order valence-electron chi connectivity index (χ2n) is 7.51. The summed E-state index contributed by atoms with van der Waals surface area (Å²) in [6.07, 6.45) is 0.367. The van der Waals surface area contributed by atoms with Crippen LogP contribution in [0.15, 0.2) is 30.3 Å². The van der Waals surface area contributed by atoms with E-state index in [0.717, 1.165) is 5.39 Å². The van der Waals surface area contributed by atoms with Gasteiger partial charge in [0.1, 0.15) is 0 Å². The van der Waals surface area contributed by atoms with Crippen LogP contribution in [0.4, 0.5) is 0 Å². The molecule has 0 spiro atoms. The summed E-state index contributed by atoms with van der Waals surface area (Å²) in [6.45, 7) is 9.49. The van der Waals surface area contributed by atoms with Crippen LogP contribution in [0.5, 0.6) is 11.5 Å². The average Bonchev–Trinajstić information content (AvgIpc) is 2.65. The molecular weight excluding hydrogens is 358 g/mol. The van der Waals surface area contributed by atoms with Crippen molar-refractivity contribution in [1.82, 2.24) is 5.32 Å². The monoisotopic (exact) mass is 385 g/mol. The predicted octanol–water partition coefficient (Wildman–Crippen LogP) is 4.04. The van der Waals surface area contributed by atoms with E-state index < -0.39 is 11.9 Å². The molecule has 150 valence electrons. The lowest BCUT2D eigenvalue weighted by atomic mass is 10.00. The molecule has 2 aromatic rings. The number of ether oxygens (including phenoxy) is 2. The predicted molar refractivity (Wildman–Crippen MR) is 108 cm³/mol. The zero-order valence-corrected chi connectivity index (χ0v) is 17.0. The zero-order chi connectivity index (χ0) is 20.9. The number of ketones is 1. The molecule has 0 aliphatic carbocycles. The van der Waals surface area contributed by atoms with E-state index in [1.54, 1.807) is 38.1 Å². The fourth-order valence-electron chi connectivity index (χ4n) is 2.52. The maximum Gasteiger partial charge on any atom is 0.311 e. The molecule has 0 aliphatic heterocycles. The van der Waals surface area contributed by atoms with Crippen molar-refractivity contribution in [2.45, 2.75) is 53.0 Å². The molecule has 0 aromatic heterocycles. The van der Waals surface area contributed by atoms with Crippen LogP contribution in [-0.2, 0) is 9.59 Å². The van der Waals surface area contributed by atoms with Crippen LogP contribution >= 0.6 is 0 Å². The Kier molecular flexibility index (Phi) is 6.91. The molecular formula is C22H27NO5. The van der Waals surface area contributed by atoms with Gasteiger partial charge in [-0.1, -0.05) is 32.0 Å². The maximum absolute atomic E-state index is 12.7. The number of hydrogen-bond acceptors (Lipinski definition) is 6. The molecule has 0 unspecified atom stereocenters. The van der Waals surface area contributed by atoms with Crippen LogP contribution in [0.25, 0.3) is 10.8 Å². The van der Waals surface area contributed by atoms with E-state index in [0.29, 0.717) is 10.9 Å². The molecule has 0 saturated carbocycles. The first kappa shape index (κ1) is 21.6. The molecule has 28 heavy (non-hydrogen) atoms. The van der Waals surface area contributed by atoms with Crippen molar-refractivity contribution in [3.05, 3.63) is 35.9 Å². The fraction of sp³-hybridized carbons (Fsp3) is 0.409. The molecule has 6 heteroatoms. The average molecular weight is 385 g/mol. The lowest BCUT2D eigenvalue weighted by Gasteiger charge is -2.20. The second kappa shape index (κ2) is 8.97. The van der Waals surface area contributed by atoms with Gasteiger partial charge in [-0.2, -0.15) is 0 Å². The number of nitrogens with one attached hydrogen (secondary N) is 1. The molecule has 2 aromatic carbocycles. The number of Topliss-reactive ketones (excluding diaryl/α,β-unsaturated/α-hetero) is 1. The van der Waals surface area contributed by atoms with Crippen molar-refractivity contribution in [2.24, 2.45) is 0 Å². The lowest BCUT2D eigenvalue weighted by Crippen LogP contribution is -2.39. The summed E-state index contributed by atoms with van der Waals surface area (Å²) in [5.41, 5.74) is 0.320. The van der Waals surface area contributed by atoms with Gasteiger partial charge in [-0.25, -0.2) is 0 Å². The first-order valence-electron chi connectivity index (χ1n) is 9.41. The van der Waals surface area contributed by atoms with Gasteiger partial charge in [0.15, 0.2) is 17.3 Å². The number of esters is 2. The van der Waals surface area contributed by atoms with E-state index in [1.165, 1.54) is 0 Å². The quantitative estimate of drug-likeness (QED) is 0.440. The van der Waals surface area contributed by atoms with E-state index in [2.05, 4.69) is 5.32 Å². The van der Waals surface area contributed by atoms with Crippen molar-refractivity contribution >= 4 is 28.5 Å². The van der Waals surface area contributed by atoms with Crippen molar-refractivity contribution < 1.29 is 23.9 Å². The number of benzene rings is 2. The Morgan fingerprint density at radius 2 is 1.50 bits per heavy atom. The summed E-state index contributed by atoms with van der Waals surface area (Å²) in [4.78, 5) is 36.3. The van der Waals surface area contributed by atoms with Gasteiger partial charge in [0.2, 0.25) is 0 Å². The molecule has 1 N–H and O–H groups in total. The molecule has 0 bridgehead atoms. The van der Waals surface area contributed by atoms with Crippen molar-refractivity contribution in [3.63, 3.8) is 0 Å². The summed E-state index contributed by atoms with van der Waals surface area (Å²) in [5, 5.41) is 4.54. The molecule has 0 saturated heterocycles. The number of fused-ring (bicyclic) bond motifs is 1. The van der Waals surface area contributed by atoms with Crippen molar-refractivity contribution in [2.75, 3.05) is 6.54 Å². The van der Waals surface area contributed by atoms with Crippen LogP contribution in [0.3, 0.4) is 0 Å². The van der Waals surface area contributed by atoms with Crippen LogP contribution < -0.4 is 14.8 Å². The molecule has 0 amide bonds. The molecule has 0 heterocycles. The summed E-state index contributed by atoms with van der Waals surface area (Å²) in [7, 11) is 0. The van der Waals surface area contributed by atoms with E-state index >= 15 is 0 Å². The molecule has 0 radical (unpaired) electrons. The SMILES string of the molecule is CCC(=O)Oc1cc2cccc(C(=O)CNC(C)(C)C)c2cc1OC(=O)CC. The molecule has 6 nitrogen and oxygen atoms in total. The van der Waals surface area contributed by atoms with Crippen LogP contribution in [0.2, 0.25) is 0 Å². The van der Waals surface area contributed by atoms with Gasteiger partial charge < -0.3 is 14.8 Å². The Bertz CT molecular complexity index is 896. The third kappa shape index (κ3) is 5.63. The largest absolute Gasteiger partial charge is 0.422 e. The third-order valence-electron chi connectivity index (χ3n) is 4.05. The Morgan fingerprint density at radius 3 is 2.04 bits per heavy atom. The summed E-state index contributed by atoms with van der Waals surface area (Å²) in [6, 6.07) is 8.53. The number of carbonyl (C=O) groups excluding carboxylic acids is 3. The molecule has 0 aliphatic rings. The highest BCUT2D eigenvalue weighted by atomic mass is 16.6. The minimum Gasteiger partial charge on any atom is -0.422 e. The van der Waals surface area contributed by atoms with Gasteiger partial charge in [0, 0.05) is 23.9 Å². The highest BCUT2D eigenvalue weighted by Gasteiger charge is 2.19. The van der Waals surface area contributed by atoms with E-state index in [1.807, 2.05) is 26.8 Å². The van der Waals surface area contributed by atoms with Gasteiger partial charge in [0.05, 0.1) is 6.54 Å². The molecule has 0 fully saturated rings. The first-order chi connectivity index (χ1) is 13.1. The van der Waals surface area contributed by atoms with E-state index in [4.69, 9.17) is 9.47 Å². The number of carbonyl (C=O) groups is 3. The number of hydrogen-bond donors (Lipinski definition) is 1. The highest BCUT2D eigenvalue weighted by molar-refractivity contribution is 6.10. The summed E-state index contributed by atoms with van der Waals surface area (Å²) in [5.74, 6) is -0.670. The summed E-state index contributed by atoms with van der Waals surface area (Å²) < 4.78 is 10.7. The Labute approximate surface area is 165 Å². The van der Waals surface area contributed by atoms with E-state index in [-0.39, 0.29) is 42.2 Å². The Hall–Kier alpha value is -2.73. The van der Waals surface area contributed by atoms with Crippen LogP contribution in [-0.4, -0.2) is 29.8 Å². The topological polar surface area (TPSA) is 81.7 Å². The van der Waals surface area contributed by atoms with Crippen LogP contribution in [0, 0.1) is 0 Å². The normalized spacial score (nSPS) is 11.3. The Balaban J connectivity index is 2.51. The zero-order valence-electron chi connectivity index (χ0n) is 17.0. The minimum absolute atomic E-state index is 0.0772. The fourth-order valence-corrected chi connectivity index (χ4v) is 2.52.